The predicted molar refractivity (Wildman–Crippen MR) is 72.3 cm³/mol. The molecule has 0 aliphatic carbocycles. The largest absolute Gasteiger partial charge is 0.497 e. The van der Waals surface area contributed by atoms with Crippen LogP contribution in [0.2, 0.25) is 0 Å². The summed E-state index contributed by atoms with van der Waals surface area (Å²) in [6, 6.07) is 8.91. The summed E-state index contributed by atoms with van der Waals surface area (Å²) in [4.78, 5) is 2.23. The van der Waals surface area contributed by atoms with E-state index in [4.69, 9.17) is 10.5 Å². The predicted octanol–water partition coefficient (Wildman–Crippen LogP) is 2.43. The molecule has 0 saturated heterocycles. The van der Waals surface area contributed by atoms with E-state index in [1.165, 1.54) is 5.56 Å². The van der Waals surface area contributed by atoms with E-state index >= 15 is 0 Å². The summed E-state index contributed by atoms with van der Waals surface area (Å²) in [6.07, 6.45) is 2.10. The zero-order valence-electron chi connectivity index (χ0n) is 11.3. The van der Waals surface area contributed by atoms with E-state index in [1.807, 2.05) is 12.1 Å². The maximum absolute atomic E-state index is 5.83. The first-order chi connectivity index (χ1) is 8.04. The van der Waals surface area contributed by atoms with Crippen LogP contribution >= 0.6 is 0 Å². The highest BCUT2D eigenvalue weighted by molar-refractivity contribution is 5.30. The Morgan fingerprint density at radius 2 is 2.00 bits per heavy atom. The van der Waals surface area contributed by atoms with Gasteiger partial charge in [-0.15, -0.1) is 0 Å². The van der Waals surface area contributed by atoms with Gasteiger partial charge in [-0.3, -0.25) is 0 Å². The minimum Gasteiger partial charge on any atom is -0.497 e. The molecule has 2 atom stereocenters. The Morgan fingerprint density at radius 1 is 1.29 bits per heavy atom. The Kier molecular flexibility index (Phi) is 5.45. The van der Waals surface area contributed by atoms with E-state index in [2.05, 4.69) is 38.1 Å². The summed E-state index contributed by atoms with van der Waals surface area (Å²) in [6.45, 7) is 2.05. The number of methoxy groups -OCH3 is 1. The first-order valence-corrected chi connectivity index (χ1v) is 6.10. The van der Waals surface area contributed by atoms with Crippen LogP contribution in [0.4, 0.5) is 0 Å². The number of ether oxygens (including phenoxy) is 1. The van der Waals surface area contributed by atoms with Gasteiger partial charge in [-0.25, -0.2) is 0 Å². The molecule has 0 bridgehead atoms. The van der Waals surface area contributed by atoms with Crippen molar-refractivity contribution in [1.82, 2.24) is 4.90 Å². The van der Waals surface area contributed by atoms with E-state index < -0.39 is 0 Å². The molecule has 0 spiro atoms. The quantitative estimate of drug-likeness (QED) is 0.824. The second kappa shape index (κ2) is 6.62. The Morgan fingerprint density at radius 3 is 2.53 bits per heavy atom. The van der Waals surface area contributed by atoms with E-state index in [0.717, 1.165) is 18.6 Å². The van der Waals surface area contributed by atoms with Crippen LogP contribution in [0.3, 0.4) is 0 Å². The zero-order chi connectivity index (χ0) is 12.8. The average Bonchev–Trinajstić information content (AvgIpc) is 2.28. The Hall–Kier alpha value is -1.06. The zero-order valence-corrected chi connectivity index (χ0v) is 11.3. The lowest BCUT2D eigenvalue weighted by atomic mass is 9.99. The molecule has 0 amide bonds. The lowest BCUT2D eigenvalue weighted by Crippen LogP contribution is -2.23. The maximum Gasteiger partial charge on any atom is 0.119 e. The highest BCUT2D eigenvalue weighted by Gasteiger charge is 2.15. The molecule has 3 heteroatoms. The third kappa shape index (κ3) is 4.36. The summed E-state index contributed by atoms with van der Waals surface area (Å²) in [5, 5.41) is 0. The van der Waals surface area contributed by atoms with Crippen LogP contribution in [0.5, 0.6) is 5.75 Å². The minimum absolute atomic E-state index is 0.253. The molecule has 0 saturated carbocycles. The molecule has 17 heavy (non-hydrogen) atoms. The topological polar surface area (TPSA) is 38.5 Å². The van der Waals surface area contributed by atoms with Crippen LogP contribution in [-0.2, 0) is 0 Å². The highest BCUT2D eigenvalue weighted by Crippen LogP contribution is 2.26. The Bertz CT molecular complexity index is 337. The first kappa shape index (κ1) is 14.0. The number of nitrogens with zero attached hydrogens (tertiary/aromatic N) is 1. The van der Waals surface area contributed by atoms with Crippen LogP contribution in [0, 0.1) is 0 Å². The van der Waals surface area contributed by atoms with Crippen molar-refractivity contribution in [2.45, 2.75) is 31.8 Å². The molecule has 96 valence electrons. The summed E-state index contributed by atoms with van der Waals surface area (Å²) in [5.74, 6) is 0.912. The number of hydrogen-bond acceptors (Lipinski definition) is 3. The number of nitrogens with two attached hydrogens (primary N) is 1. The molecule has 0 aliphatic rings. The highest BCUT2D eigenvalue weighted by atomic mass is 16.5. The maximum atomic E-state index is 5.83. The van der Waals surface area contributed by atoms with E-state index in [1.54, 1.807) is 7.11 Å². The summed E-state index contributed by atoms with van der Waals surface area (Å²) in [5.41, 5.74) is 7.12. The second-order valence-electron chi connectivity index (χ2n) is 4.81. The minimum atomic E-state index is 0.253. The molecule has 1 rings (SSSR count). The van der Waals surface area contributed by atoms with Gasteiger partial charge in [0.05, 0.1) is 7.11 Å². The van der Waals surface area contributed by atoms with Crippen LogP contribution < -0.4 is 10.5 Å². The molecule has 0 aromatic heterocycles. The van der Waals surface area contributed by atoms with Gasteiger partial charge in [0, 0.05) is 12.1 Å². The van der Waals surface area contributed by atoms with Crippen molar-refractivity contribution < 1.29 is 4.74 Å². The van der Waals surface area contributed by atoms with Gasteiger partial charge >= 0.3 is 0 Å². The summed E-state index contributed by atoms with van der Waals surface area (Å²) < 4.78 is 5.27. The van der Waals surface area contributed by atoms with Crippen molar-refractivity contribution in [2.24, 2.45) is 5.73 Å². The molecule has 3 nitrogen and oxygen atoms in total. The molecule has 1 aromatic carbocycles. The third-order valence-corrected chi connectivity index (χ3v) is 3.00. The molecule has 0 radical (unpaired) electrons. The molecule has 2 unspecified atom stereocenters. The lowest BCUT2D eigenvalue weighted by Gasteiger charge is -2.25. The molecular formula is C14H24N2O. The van der Waals surface area contributed by atoms with Crippen LogP contribution in [0.1, 0.15) is 31.4 Å². The fraction of sp³-hybridized carbons (Fsp3) is 0.571. The molecule has 0 heterocycles. The van der Waals surface area contributed by atoms with Gasteiger partial charge in [-0.1, -0.05) is 12.1 Å². The fourth-order valence-corrected chi connectivity index (χ4v) is 1.99. The van der Waals surface area contributed by atoms with Crippen molar-refractivity contribution in [3.05, 3.63) is 29.8 Å². The molecule has 1 aromatic rings. The second-order valence-corrected chi connectivity index (χ2v) is 4.81. The van der Waals surface area contributed by atoms with E-state index in [-0.39, 0.29) is 6.04 Å². The normalized spacial score (nSPS) is 14.7. The number of benzene rings is 1. The SMILES string of the molecule is COc1cccc(C(CCC(C)N)N(C)C)c1. The number of rotatable bonds is 6. The Balaban J connectivity index is 2.81. The Labute approximate surface area is 105 Å². The third-order valence-electron chi connectivity index (χ3n) is 3.00. The smallest absolute Gasteiger partial charge is 0.119 e. The van der Waals surface area contributed by atoms with Crippen LogP contribution in [-0.4, -0.2) is 32.1 Å². The first-order valence-electron chi connectivity index (χ1n) is 6.10. The molecule has 0 fully saturated rings. The summed E-state index contributed by atoms with van der Waals surface area (Å²) >= 11 is 0. The van der Waals surface area contributed by atoms with Gasteiger partial charge in [-0.05, 0) is 51.6 Å². The van der Waals surface area contributed by atoms with Crippen molar-refractivity contribution in [2.75, 3.05) is 21.2 Å². The van der Waals surface area contributed by atoms with Crippen LogP contribution in [0.15, 0.2) is 24.3 Å². The van der Waals surface area contributed by atoms with Gasteiger partial charge in [0.25, 0.3) is 0 Å². The van der Waals surface area contributed by atoms with Gasteiger partial charge in [0.2, 0.25) is 0 Å². The van der Waals surface area contributed by atoms with Crippen molar-refractivity contribution >= 4 is 0 Å². The molecule has 0 aliphatic heterocycles. The summed E-state index contributed by atoms with van der Waals surface area (Å²) in [7, 11) is 5.91. The van der Waals surface area contributed by atoms with Crippen molar-refractivity contribution in [3.63, 3.8) is 0 Å². The standard InChI is InChI=1S/C14H24N2O/c1-11(15)8-9-14(16(2)3)12-6-5-7-13(10-12)17-4/h5-7,10-11,14H,8-9,15H2,1-4H3. The van der Waals surface area contributed by atoms with Gasteiger partial charge in [0.15, 0.2) is 0 Å². The lowest BCUT2D eigenvalue weighted by molar-refractivity contribution is 0.274. The average molecular weight is 236 g/mol. The van der Waals surface area contributed by atoms with Crippen LogP contribution in [0.25, 0.3) is 0 Å². The van der Waals surface area contributed by atoms with Gasteiger partial charge in [-0.2, -0.15) is 0 Å². The van der Waals surface area contributed by atoms with Crippen molar-refractivity contribution in [3.8, 4) is 5.75 Å². The fourth-order valence-electron chi connectivity index (χ4n) is 1.99. The van der Waals surface area contributed by atoms with E-state index in [9.17, 15) is 0 Å². The molecular weight excluding hydrogens is 212 g/mol. The van der Waals surface area contributed by atoms with E-state index in [0.29, 0.717) is 6.04 Å². The molecule has 2 N–H and O–H groups in total. The van der Waals surface area contributed by atoms with Gasteiger partial charge in [0.1, 0.15) is 5.75 Å². The monoisotopic (exact) mass is 236 g/mol. The van der Waals surface area contributed by atoms with Gasteiger partial charge < -0.3 is 15.4 Å². The number of hydrogen-bond donors (Lipinski definition) is 1. The van der Waals surface area contributed by atoms with Crippen molar-refractivity contribution in [1.29, 1.82) is 0 Å².